The van der Waals surface area contributed by atoms with Gasteiger partial charge in [0.15, 0.2) is 0 Å². The number of rotatable bonds is 3. The van der Waals surface area contributed by atoms with Crippen molar-refractivity contribution >= 4 is 0 Å². The predicted octanol–water partition coefficient (Wildman–Crippen LogP) is -1.49. The number of hydrogen-bond acceptors (Lipinski definition) is 3. The number of hydrogen-bond donors (Lipinski definition) is 2. The Kier molecular flexibility index (Phi) is 4.25. The largest absolute Gasteiger partial charge is 1.00 e. The van der Waals surface area contributed by atoms with Crippen molar-refractivity contribution in [2.75, 3.05) is 0 Å². The van der Waals surface area contributed by atoms with Crippen LogP contribution in [0.4, 0.5) is 0 Å². The molecule has 0 amide bonds. The van der Waals surface area contributed by atoms with Crippen LogP contribution in [-0.4, -0.2) is 10.5 Å². The van der Waals surface area contributed by atoms with Gasteiger partial charge >= 0.3 is 29.6 Å². The van der Waals surface area contributed by atoms with Crippen molar-refractivity contribution in [1.82, 2.24) is 10.3 Å². The standard InChI is InChI=1S/C16H22N2O2.Na/c19-14-13(1-2-17-15(14)20)9-18-16-6-10-3-11(7-16)5-12(4-10)8-16;/h1-2,10-12,18-19H,3-9H2,(H,17,20);/q;+1/p-1. The van der Waals surface area contributed by atoms with Gasteiger partial charge in [0.1, 0.15) is 0 Å². The Balaban J connectivity index is 0.00000132. The summed E-state index contributed by atoms with van der Waals surface area (Å²) in [5.41, 5.74) is 0.336. The van der Waals surface area contributed by atoms with Crippen molar-refractivity contribution < 1.29 is 34.7 Å². The topological polar surface area (TPSA) is 68.0 Å². The van der Waals surface area contributed by atoms with Gasteiger partial charge < -0.3 is 15.4 Å². The second-order valence-corrected chi connectivity index (χ2v) is 7.21. The molecule has 0 saturated heterocycles. The van der Waals surface area contributed by atoms with Gasteiger partial charge in [0.05, 0.1) is 0 Å². The molecule has 0 radical (unpaired) electrons. The quantitative estimate of drug-likeness (QED) is 0.668. The molecule has 4 saturated carbocycles. The Morgan fingerprint density at radius 3 is 2.33 bits per heavy atom. The summed E-state index contributed by atoms with van der Waals surface area (Å²) in [6, 6.07) is 1.73. The molecule has 0 aliphatic heterocycles. The Morgan fingerprint density at radius 1 is 1.19 bits per heavy atom. The van der Waals surface area contributed by atoms with E-state index in [-0.39, 0.29) is 40.8 Å². The molecular weight excluding hydrogens is 275 g/mol. The van der Waals surface area contributed by atoms with Crippen LogP contribution in [0.2, 0.25) is 0 Å². The molecular formula is C16H21N2NaO2. The second-order valence-electron chi connectivity index (χ2n) is 7.21. The maximum atomic E-state index is 11.8. The number of H-pyrrole nitrogens is 1. The Hall–Kier alpha value is -0.290. The van der Waals surface area contributed by atoms with Crippen LogP contribution in [0.5, 0.6) is 5.75 Å². The summed E-state index contributed by atoms with van der Waals surface area (Å²) >= 11 is 0. The van der Waals surface area contributed by atoms with Crippen molar-refractivity contribution in [3.63, 3.8) is 0 Å². The molecule has 0 unspecified atom stereocenters. The molecule has 1 aromatic rings. The normalized spacial score (nSPS) is 36.5. The van der Waals surface area contributed by atoms with E-state index in [1.54, 1.807) is 12.3 Å². The van der Waals surface area contributed by atoms with E-state index >= 15 is 0 Å². The first-order valence-corrected chi connectivity index (χ1v) is 7.76. The Morgan fingerprint density at radius 2 is 1.76 bits per heavy atom. The van der Waals surface area contributed by atoms with Gasteiger partial charge in [-0.1, -0.05) is 0 Å². The van der Waals surface area contributed by atoms with Crippen molar-refractivity contribution in [3.05, 3.63) is 28.2 Å². The third-order valence-electron chi connectivity index (χ3n) is 5.69. The fourth-order valence-electron chi connectivity index (χ4n) is 5.25. The van der Waals surface area contributed by atoms with Crippen molar-refractivity contribution in [3.8, 4) is 5.75 Å². The van der Waals surface area contributed by atoms with Gasteiger partial charge in [-0.15, -0.1) is 0 Å². The van der Waals surface area contributed by atoms with E-state index < -0.39 is 5.56 Å². The third kappa shape index (κ3) is 2.83. The fraction of sp³-hybridized carbons (Fsp3) is 0.688. The second kappa shape index (κ2) is 5.73. The molecule has 108 valence electrons. The zero-order valence-corrected chi connectivity index (χ0v) is 14.7. The minimum absolute atomic E-state index is 0. The number of aromatic nitrogens is 1. The zero-order valence-electron chi connectivity index (χ0n) is 12.7. The summed E-state index contributed by atoms with van der Waals surface area (Å²) in [5.74, 6) is 2.28. The first kappa shape index (κ1) is 15.6. The van der Waals surface area contributed by atoms with Crippen LogP contribution < -0.4 is 45.5 Å². The Labute approximate surface area is 147 Å². The van der Waals surface area contributed by atoms with Crippen LogP contribution in [-0.2, 0) is 6.54 Å². The fourth-order valence-corrected chi connectivity index (χ4v) is 5.25. The van der Waals surface area contributed by atoms with E-state index in [1.807, 2.05) is 0 Å². The van der Waals surface area contributed by atoms with Crippen LogP contribution in [0.1, 0.15) is 44.1 Å². The summed E-state index contributed by atoms with van der Waals surface area (Å²) in [6.07, 6.45) is 9.60. The average molecular weight is 296 g/mol. The van der Waals surface area contributed by atoms with Gasteiger partial charge in [0.25, 0.3) is 0 Å². The molecule has 21 heavy (non-hydrogen) atoms. The van der Waals surface area contributed by atoms with Crippen LogP contribution >= 0.6 is 0 Å². The molecule has 4 aliphatic carbocycles. The van der Waals surface area contributed by atoms with Gasteiger partial charge in [-0.2, -0.15) is 0 Å². The zero-order chi connectivity index (χ0) is 13.7. The predicted molar refractivity (Wildman–Crippen MR) is 74.3 cm³/mol. The summed E-state index contributed by atoms with van der Waals surface area (Å²) in [7, 11) is 0. The van der Waals surface area contributed by atoms with Gasteiger partial charge in [-0.25, -0.2) is 0 Å². The van der Waals surface area contributed by atoms with E-state index in [0.717, 1.165) is 17.8 Å². The molecule has 1 aromatic heterocycles. The van der Waals surface area contributed by atoms with E-state index in [4.69, 9.17) is 0 Å². The third-order valence-corrected chi connectivity index (χ3v) is 5.69. The Bertz CT molecular complexity index is 549. The van der Waals surface area contributed by atoms with Gasteiger partial charge in [0, 0.05) is 18.3 Å². The van der Waals surface area contributed by atoms with Crippen LogP contribution in [0.25, 0.3) is 0 Å². The molecule has 0 atom stereocenters. The minimum Gasteiger partial charge on any atom is -0.869 e. The summed E-state index contributed by atoms with van der Waals surface area (Å²) in [6.45, 7) is 0.537. The number of nitrogens with one attached hydrogen (secondary N) is 2. The van der Waals surface area contributed by atoms with Crippen molar-refractivity contribution in [1.29, 1.82) is 0 Å². The molecule has 4 nitrogen and oxygen atoms in total. The maximum absolute atomic E-state index is 11.8. The van der Waals surface area contributed by atoms with Crippen LogP contribution in [0, 0.1) is 17.8 Å². The van der Waals surface area contributed by atoms with E-state index in [1.165, 1.54) is 38.5 Å². The molecule has 4 aliphatic rings. The maximum Gasteiger partial charge on any atom is 1.00 e. The summed E-state index contributed by atoms with van der Waals surface area (Å²) < 4.78 is 0. The molecule has 1 heterocycles. The molecule has 0 aromatic carbocycles. The van der Waals surface area contributed by atoms with E-state index in [0.29, 0.717) is 12.1 Å². The van der Waals surface area contributed by atoms with E-state index in [2.05, 4.69) is 10.3 Å². The number of aromatic amines is 1. The van der Waals surface area contributed by atoms with Gasteiger partial charge in [-0.3, -0.25) is 4.79 Å². The SMILES string of the molecule is O=c1[nH]ccc(CNC23CC4CC(CC(C4)C2)C3)c1[O-].[Na+]. The smallest absolute Gasteiger partial charge is 0.869 e. The average Bonchev–Trinajstić information content (AvgIpc) is 2.39. The van der Waals surface area contributed by atoms with Crippen LogP contribution in [0.15, 0.2) is 17.1 Å². The van der Waals surface area contributed by atoms with Crippen LogP contribution in [0.3, 0.4) is 0 Å². The van der Waals surface area contributed by atoms with Crippen molar-refractivity contribution in [2.24, 2.45) is 17.8 Å². The summed E-state index contributed by atoms with van der Waals surface area (Å²) in [5, 5.41) is 15.5. The first-order chi connectivity index (χ1) is 9.63. The van der Waals surface area contributed by atoms with Gasteiger partial charge in [0.2, 0.25) is 5.56 Å². The molecule has 4 bridgehead atoms. The molecule has 0 spiro atoms. The number of pyridine rings is 1. The molecule has 5 heteroatoms. The molecule has 2 N–H and O–H groups in total. The van der Waals surface area contributed by atoms with E-state index in [9.17, 15) is 9.90 Å². The first-order valence-electron chi connectivity index (χ1n) is 7.76. The summed E-state index contributed by atoms with van der Waals surface area (Å²) in [4.78, 5) is 13.8. The minimum atomic E-state index is -0.505. The molecule has 5 rings (SSSR count). The molecule has 4 fully saturated rings. The van der Waals surface area contributed by atoms with Gasteiger partial charge in [-0.05, 0) is 73.7 Å². The van der Waals surface area contributed by atoms with Crippen molar-refractivity contribution in [2.45, 2.75) is 50.6 Å². The monoisotopic (exact) mass is 296 g/mol.